The van der Waals surface area contributed by atoms with E-state index < -0.39 is 10.9 Å². The predicted molar refractivity (Wildman–Crippen MR) is 82.2 cm³/mol. The summed E-state index contributed by atoms with van der Waals surface area (Å²) in [6.07, 6.45) is 1.84. The number of nitrogens with zero attached hydrogens (tertiary/aromatic N) is 1. The van der Waals surface area contributed by atoms with E-state index in [1.165, 1.54) is 0 Å². The van der Waals surface area contributed by atoms with Crippen molar-refractivity contribution in [3.8, 4) is 0 Å². The summed E-state index contributed by atoms with van der Waals surface area (Å²) in [5, 5.41) is 23.1. The van der Waals surface area contributed by atoms with Crippen LogP contribution < -0.4 is 5.32 Å². The zero-order valence-electron chi connectivity index (χ0n) is 12.2. The zero-order chi connectivity index (χ0) is 16.2. The number of rotatable bonds is 7. The minimum Gasteiger partial charge on any atom is -0.478 e. The van der Waals surface area contributed by atoms with Crippen molar-refractivity contribution in [2.45, 2.75) is 39.7 Å². The molecule has 0 amide bonds. The average Bonchev–Trinajstić information content (AvgIpc) is 2.37. The minimum absolute atomic E-state index is 0.0180. The van der Waals surface area contributed by atoms with Crippen molar-refractivity contribution in [2.24, 2.45) is 5.92 Å². The number of benzene rings is 1. The van der Waals surface area contributed by atoms with Crippen LogP contribution >= 0.6 is 11.6 Å². The Hall–Kier alpha value is -1.82. The van der Waals surface area contributed by atoms with Crippen LogP contribution in [0.4, 0.5) is 11.4 Å². The van der Waals surface area contributed by atoms with E-state index >= 15 is 0 Å². The first-order valence-electron chi connectivity index (χ1n) is 6.70. The fourth-order valence-corrected chi connectivity index (χ4v) is 2.18. The van der Waals surface area contributed by atoms with E-state index in [0.717, 1.165) is 25.0 Å². The molecule has 1 unspecified atom stereocenters. The fourth-order valence-electron chi connectivity index (χ4n) is 1.92. The number of carboxylic acids is 1. The second-order valence-corrected chi connectivity index (χ2v) is 5.84. The maximum atomic E-state index is 11.3. The number of nitro benzene ring substituents is 1. The monoisotopic (exact) mass is 314 g/mol. The van der Waals surface area contributed by atoms with Gasteiger partial charge in [-0.3, -0.25) is 10.1 Å². The topological polar surface area (TPSA) is 92.5 Å². The number of halogens is 1. The molecule has 1 rings (SSSR count). The number of carboxylic acid groups (broad SMARTS) is 1. The first kappa shape index (κ1) is 17.2. The first-order chi connectivity index (χ1) is 9.72. The van der Waals surface area contributed by atoms with E-state index in [0.29, 0.717) is 5.92 Å². The maximum absolute atomic E-state index is 11.3. The van der Waals surface area contributed by atoms with Gasteiger partial charge in [0.05, 0.1) is 21.2 Å². The summed E-state index contributed by atoms with van der Waals surface area (Å²) in [6, 6.07) is 2.20. The molecule has 0 heterocycles. The summed E-state index contributed by atoms with van der Waals surface area (Å²) in [7, 11) is 0. The van der Waals surface area contributed by atoms with Crippen LogP contribution in [-0.4, -0.2) is 22.0 Å². The Morgan fingerprint density at radius 1 is 1.38 bits per heavy atom. The molecule has 21 heavy (non-hydrogen) atoms. The molecule has 1 aromatic rings. The summed E-state index contributed by atoms with van der Waals surface area (Å²) in [5.74, 6) is -0.709. The normalized spacial score (nSPS) is 12.2. The Balaban J connectivity index is 3.05. The summed E-state index contributed by atoms with van der Waals surface area (Å²) in [5.41, 5.74) is -0.297. The Morgan fingerprint density at radius 3 is 2.48 bits per heavy atom. The molecule has 1 aromatic carbocycles. The van der Waals surface area contributed by atoms with E-state index in [9.17, 15) is 20.0 Å². The third kappa shape index (κ3) is 4.90. The van der Waals surface area contributed by atoms with Crippen LogP contribution in [0.5, 0.6) is 0 Å². The van der Waals surface area contributed by atoms with Gasteiger partial charge in [0.2, 0.25) is 0 Å². The number of carbonyl (C=O) groups is 1. The Morgan fingerprint density at radius 2 is 2.00 bits per heavy atom. The van der Waals surface area contributed by atoms with Crippen LogP contribution in [0.15, 0.2) is 12.1 Å². The van der Waals surface area contributed by atoms with Gasteiger partial charge in [0.25, 0.3) is 5.69 Å². The minimum atomic E-state index is -1.25. The third-order valence-electron chi connectivity index (χ3n) is 3.08. The van der Waals surface area contributed by atoms with Crippen molar-refractivity contribution in [2.75, 3.05) is 5.32 Å². The van der Waals surface area contributed by atoms with E-state index in [4.69, 9.17) is 11.6 Å². The molecule has 1 atom stereocenters. The summed E-state index contributed by atoms with van der Waals surface area (Å²) >= 11 is 6.00. The standard InChI is InChI=1S/C14H19ClN2O4/c1-8(2)4-5-9(3)16-13-11(14(18)19)6-10(17(20)21)7-12(13)15/h6-9,16H,4-5H2,1-3H3,(H,18,19). The summed E-state index contributed by atoms with van der Waals surface area (Å²) < 4.78 is 0. The van der Waals surface area contributed by atoms with E-state index in [2.05, 4.69) is 19.2 Å². The number of non-ortho nitro benzene ring substituents is 1. The SMILES string of the molecule is CC(C)CCC(C)Nc1c(Cl)cc([N+](=O)[O-])cc1C(=O)O. The highest BCUT2D eigenvalue weighted by Crippen LogP contribution is 2.32. The molecule has 0 saturated heterocycles. The van der Waals surface area contributed by atoms with Gasteiger partial charge < -0.3 is 10.4 Å². The van der Waals surface area contributed by atoms with Crippen LogP contribution in [0.1, 0.15) is 44.0 Å². The van der Waals surface area contributed by atoms with Gasteiger partial charge in [0, 0.05) is 18.2 Å². The number of hydrogen-bond acceptors (Lipinski definition) is 4. The smallest absolute Gasteiger partial charge is 0.338 e. The van der Waals surface area contributed by atoms with Gasteiger partial charge >= 0.3 is 5.97 Å². The molecule has 0 aliphatic rings. The average molecular weight is 315 g/mol. The predicted octanol–water partition coefficient (Wildman–Crippen LogP) is 4.18. The molecule has 0 aromatic heterocycles. The van der Waals surface area contributed by atoms with Crippen LogP contribution in [0.25, 0.3) is 0 Å². The highest BCUT2D eigenvalue weighted by Gasteiger charge is 2.21. The molecule has 0 bridgehead atoms. The van der Waals surface area contributed by atoms with Gasteiger partial charge in [-0.1, -0.05) is 25.4 Å². The van der Waals surface area contributed by atoms with E-state index in [1.54, 1.807) is 0 Å². The van der Waals surface area contributed by atoms with E-state index in [-0.39, 0.29) is 28.0 Å². The Kier molecular flexibility index (Phi) is 5.96. The summed E-state index contributed by atoms with van der Waals surface area (Å²) in [6.45, 7) is 6.13. The second kappa shape index (κ2) is 7.26. The van der Waals surface area contributed by atoms with Crippen molar-refractivity contribution in [3.05, 3.63) is 32.8 Å². The van der Waals surface area contributed by atoms with Crippen LogP contribution in [-0.2, 0) is 0 Å². The van der Waals surface area contributed by atoms with Gasteiger partial charge in [0.15, 0.2) is 0 Å². The van der Waals surface area contributed by atoms with Crippen molar-refractivity contribution in [1.82, 2.24) is 0 Å². The molecule has 0 aliphatic carbocycles. The Bertz CT molecular complexity index is 546. The van der Waals surface area contributed by atoms with Crippen molar-refractivity contribution in [1.29, 1.82) is 0 Å². The lowest BCUT2D eigenvalue weighted by Crippen LogP contribution is -2.18. The van der Waals surface area contributed by atoms with Gasteiger partial charge in [-0.05, 0) is 25.7 Å². The number of nitrogens with one attached hydrogen (secondary N) is 1. The lowest BCUT2D eigenvalue weighted by molar-refractivity contribution is -0.384. The molecule has 2 N–H and O–H groups in total. The molecule has 0 radical (unpaired) electrons. The van der Waals surface area contributed by atoms with Crippen molar-refractivity contribution < 1.29 is 14.8 Å². The van der Waals surface area contributed by atoms with Crippen LogP contribution in [0, 0.1) is 16.0 Å². The lowest BCUT2D eigenvalue weighted by Gasteiger charge is -2.19. The quantitative estimate of drug-likeness (QED) is 0.581. The maximum Gasteiger partial charge on any atom is 0.338 e. The molecule has 116 valence electrons. The van der Waals surface area contributed by atoms with Gasteiger partial charge in [0.1, 0.15) is 0 Å². The van der Waals surface area contributed by atoms with Crippen LogP contribution in [0.3, 0.4) is 0 Å². The molecule has 0 saturated carbocycles. The molecule has 0 aliphatic heterocycles. The largest absolute Gasteiger partial charge is 0.478 e. The molecule has 7 heteroatoms. The molecular formula is C14H19ClN2O4. The number of nitro groups is 1. The first-order valence-corrected chi connectivity index (χ1v) is 7.08. The fraction of sp³-hybridized carbons (Fsp3) is 0.500. The highest BCUT2D eigenvalue weighted by atomic mass is 35.5. The molecule has 0 fully saturated rings. The Labute approximate surface area is 128 Å². The summed E-state index contributed by atoms with van der Waals surface area (Å²) in [4.78, 5) is 21.4. The lowest BCUT2D eigenvalue weighted by atomic mass is 10.0. The second-order valence-electron chi connectivity index (χ2n) is 5.43. The van der Waals surface area contributed by atoms with E-state index in [1.807, 2.05) is 6.92 Å². The third-order valence-corrected chi connectivity index (χ3v) is 3.38. The van der Waals surface area contributed by atoms with Crippen molar-refractivity contribution >= 4 is 28.9 Å². The van der Waals surface area contributed by atoms with Gasteiger partial charge in [-0.2, -0.15) is 0 Å². The van der Waals surface area contributed by atoms with Crippen molar-refractivity contribution in [3.63, 3.8) is 0 Å². The highest BCUT2D eigenvalue weighted by molar-refractivity contribution is 6.34. The van der Waals surface area contributed by atoms with Gasteiger partial charge in [-0.25, -0.2) is 4.79 Å². The number of anilines is 1. The number of aromatic carboxylic acids is 1. The molecular weight excluding hydrogens is 296 g/mol. The molecule has 0 spiro atoms. The molecule has 6 nitrogen and oxygen atoms in total. The van der Waals surface area contributed by atoms with Crippen LogP contribution in [0.2, 0.25) is 5.02 Å². The zero-order valence-corrected chi connectivity index (χ0v) is 13.0. The van der Waals surface area contributed by atoms with Gasteiger partial charge in [-0.15, -0.1) is 0 Å². The number of hydrogen-bond donors (Lipinski definition) is 2.